The summed E-state index contributed by atoms with van der Waals surface area (Å²) < 4.78 is 52.1. The van der Waals surface area contributed by atoms with Gasteiger partial charge in [0.15, 0.2) is 0 Å². The van der Waals surface area contributed by atoms with Crippen LogP contribution in [0, 0.1) is 5.82 Å². The zero-order valence-corrected chi connectivity index (χ0v) is 22.0. The molecule has 0 saturated carbocycles. The number of carbonyl (C=O) groups is 1. The summed E-state index contributed by atoms with van der Waals surface area (Å²) in [5.74, 6) is -0.221. The summed E-state index contributed by atoms with van der Waals surface area (Å²) in [7, 11) is -2.50. The number of hydrogen-bond acceptors (Lipinski definition) is 6. The van der Waals surface area contributed by atoms with Crippen LogP contribution in [0.2, 0.25) is 5.02 Å². The Morgan fingerprint density at radius 2 is 1.89 bits per heavy atom. The average Bonchev–Trinajstić information content (AvgIpc) is 3.35. The highest BCUT2D eigenvalue weighted by molar-refractivity contribution is 7.89. The van der Waals surface area contributed by atoms with Crippen molar-refractivity contribution in [2.75, 3.05) is 40.0 Å². The van der Waals surface area contributed by atoms with Gasteiger partial charge >= 0.3 is 0 Å². The first-order chi connectivity index (χ1) is 17.3. The molecule has 1 aromatic heterocycles. The lowest BCUT2D eigenvalue weighted by Gasteiger charge is -2.37. The van der Waals surface area contributed by atoms with E-state index in [0.29, 0.717) is 23.7 Å². The summed E-state index contributed by atoms with van der Waals surface area (Å²) in [6.07, 6.45) is 0.674. The predicted octanol–water partition coefficient (Wildman–Crippen LogP) is 4.38. The van der Waals surface area contributed by atoms with E-state index < -0.39 is 16.1 Å². The summed E-state index contributed by atoms with van der Waals surface area (Å²) in [5.41, 5.74) is 0.978. The van der Waals surface area contributed by atoms with Crippen LogP contribution < -0.4 is 4.74 Å². The molecule has 0 aliphatic carbocycles. The van der Waals surface area contributed by atoms with E-state index in [2.05, 4.69) is 0 Å². The smallest absolute Gasteiger partial charge is 0.243 e. The number of rotatable bonds is 10. The first-order valence-electron chi connectivity index (χ1n) is 11.3. The molecule has 0 radical (unpaired) electrons. The van der Waals surface area contributed by atoms with Gasteiger partial charge in [0.2, 0.25) is 15.9 Å². The highest BCUT2D eigenvalue weighted by Gasteiger charge is 2.35. The molecule has 0 N–H and O–H groups in total. The first-order valence-corrected chi connectivity index (χ1v) is 14.0. The fraction of sp³-hybridized carbons (Fsp3) is 0.320. The van der Waals surface area contributed by atoms with Crippen molar-refractivity contribution in [1.29, 1.82) is 0 Å². The standard InChI is InChI=1S/C25H26ClFN2O5S2/c1-33-14-13-28(36(31,32)21-8-2-18(26)3-9-21)16-25(30)29-12-10-24-22(11-15-35-24)23(29)17-34-20-6-4-19(27)5-7-20/h2-9,11,15,23H,10,12-14,16-17H2,1H3/t23-/m0/s1. The van der Waals surface area contributed by atoms with E-state index >= 15 is 0 Å². The monoisotopic (exact) mass is 552 g/mol. The van der Waals surface area contributed by atoms with E-state index in [0.717, 1.165) is 14.7 Å². The van der Waals surface area contributed by atoms with Crippen molar-refractivity contribution >= 4 is 38.9 Å². The molecule has 2 heterocycles. The molecule has 1 amide bonds. The fourth-order valence-electron chi connectivity index (χ4n) is 4.06. The van der Waals surface area contributed by atoms with Gasteiger partial charge in [0.05, 0.1) is 24.1 Å². The maximum atomic E-state index is 13.6. The van der Waals surface area contributed by atoms with Crippen LogP contribution in [0.15, 0.2) is 64.9 Å². The summed E-state index contributed by atoms with van der Waals surface area (Å²) in [6.45, 7) is 0.389. The van der Waals surface area contributed by atoms with Crippen LogP contribution in [0.25, 0.3) is 0 Å². The molecule has 11 heteroatoms. The van der Waals surface area contributed by atoms with E-state index in [1.165, 1.54) is 55.6 Å². The van der Waals surface area contributed by atoms with Crippen molar-refractivity contribution in [3.8, 4) is 5.75 Å². The highest BCUT2D eigenvalue weighted by Crippen LogP contribution is 2.34. The predicted molar refractivity (Wildman–Crippen MR) is 136 cm³/mol. The first kappa shape index (κ1) is 26.6. The Morgan fingerprint density at radius 1 is 1.17 bits per heavy atom. The zero-order valence-electron chi connectivity index (χ0n) is 19.6. The van der Waals surface area contributed by atoms with Gasteiger partial charge in [0.1, 0.15) is 18.2 Å². The van der Waals surface area contributed by atoms with Gasteiger partial charge < -0.3 is 14.4 Å². The molecule has 0 bridgehead atoms. The van der Waals surface area contributed by atoms with Crippen LogP contribution in [-0.2, 0) is 26.0 Å². The Kier molecular flexibility index (Phi) is 8.63. The number of ether oxygens (including phenoxy) is 2. The summed E-state index contributed by atoms with van der Waals surface area (Å²) in [5, 5.41) is 2.39. The van der Waals surface area contributed by atoms with E-state index in [4.69, 9.17) is 21.1 Å². The number of benzene rings is 2. The third-order valence-electron chi connectivity index (χ3n) is 5.94. The van der Waals surface area contributed by atoms with Gasteiger partial charge in [-0.1, -0.05) is 11.6 Å². The summed E-state index contributed by atoms with van der Waals surface area (Å²) >= 11 is 7.54. The van der Waals surface area contributed by atoms with Gasteiger partial charge in [-0.25, -0.2) is 12.8 Å². The quantitative estimate of drug-likeness (QED) is 0.373. The molecule has 3 aromatic rings. The SMILES string of the molecule is COCCN(CC(=O)N1CCc2sccc2[C@@H]1COc1ccc(F)cc1)S(=O)(=O)c1ccc(Cl)cc1. The Bertz CT molecular complexity index is 1280. The van der Waals surface area contributed by atoms with Gasteiger partial charge in [-0.05, 0) is 72.0 Å². The molecule has 0 saturated heterocycles. The van der Waals surface area contributed by atoms with E-state index in [-0.39, 0.29) is 42.9 Å². The highest BCUT2D eigenvalue weighted by atomic mass is 35.5. The number of amides is 1. The summed E-state index contributed by atoms with van der Waals surface area (Å²) in [4.78, 5) is 16.4. The molecule has 1 aliphatic heterocycles. The number of hydrogen-bond donors (Lipinski definition) is 0. The molecule has 2 aromatic carbocycles. The minimum atomic E-state index is -3.97. The Morgan fingerprint density at radius 3 is 2.58 bits per heavy atom. The average molecular weight is 553 g/mol. The van der Waals surface area contributed by atoms with Crippen molar-refractivity contribution in [2.24, 2.45) is 0 Å². The normalized spacial score (nSPS) is 15.7. The number of methoxy groups -OCH3 is 1. The molecule has 7 nitrogen and oxygen atoms in total. The Balaban J connectivity index is 1.55. The van der Waals surface area contributed by atoms with Crippen molar-refractivity contribution < 1.29 is 27.1 Å². The number of fused-ring (bicyclic) bond motifs is 1. The van der Waals surface area contributed by atoms with Crippen molar-refractivity contribution in [2.45, 2.75) is 17.4 Å². The topological polar surface area (TPSA) is 76.2 Å². The second-order valence-corrected chi connectivity index (χ2v) is 11.6. The Labute approximate surface area is 219 Å². The van der Waals surface area contributed by atoms with Crippen LogP contribution in [0.1, 0.15) is 16.5 Å². The van der Waals surface area contributed by atoms with Crippen LogP contribution in [0.4, 0.5) is 4.39 Å². The Hall–Kier alpha value is -2.50. The molecule has 1 aliphatic rings. The number of halogens is 2. The largest absolute Gasteiger partial charge is 0.491 e. The van der Waals surface area contributed by atoms with Crippen molar-refractivity contribution in [3.63, 3.8) is 0 Å². The number of sulfonamides is 1. The minimum Gasteiger partial charge on any atom is -0.491 e. The molecule has 0 fully saturated rings. The molecule has 0 unspecified atom stereocenters. The maximum Gasteiger partial charge on any atom is 0.243 e. The maximum absolute atomic E-state index is 13.6. The molecule has 0 spiro atoms. The van der Waals surface area contributed by atoms with Gasteiger partial charge in [0, 0.05) is 30.1 Å². The van der Waals surface area contributed by atoms with Crippen molar-refractivity contribution in [1.82, 2.24) is 9.21 Å². The number of thiophene rings is 1. The molecule has 1 atom stereocenters. The second kappa shape index (κ2) is 11.7. The third kappa shape index (κ3) is 6.07. The van der Waals surface area contributed by atoms with Gasteiger partial charge in [-0.2, -0.15) is 4.31 Å². The molecular formula is C25H26ClFN2O5S2. The molecular weight excluding hydrogens is 527 g/mol. The van der Waals surface area contributed by atoms with E-state index in [9.17, 15) is 17.6 Å². The van der Waals surface area contributed by atoms with Crippen LogP contribution in [-0.4, -0.2) is 63.5 Å². The fourth-order valence-corrected chi connectivity index (χ4v) is 6.48. The van der Waals surface area contributed by atoms with E-state index in [1.54, 1.807) is 16.2 Å². The van der Waals surface area contributed by atoms with Crippen molar-refractivity contribution in [3.05, 3.63) is 81.3 Å². The molecule has 4 rings (SSSR count). The third-order valence-corrected chi connectivity index (χ3v) is 9.05. The van der Waals surface area contributed by atoms with Gasteiger partial charge in [-0.3, -0.25) is 4.79 Å². The zero-order chi connectivity index (χ0) is 25.7. The molecule has 36 heavy (non-hydrogen) atoms. The number of carbonyl (C=O) groups excluding carboxylic acids is 1. The lowest BCUT2D eigenvalue weighted by molar-refractivity contribution is -0.135. The summed E-state index contributed by atoms with van der Waals surface area (Å²) in [6, 6.07) is 13.1. The van der Waals surface area contributed by atoms with E-state index in [1.807, 2.05) is 11.4 Å². The lowest BCUT2D eigenvalue weighted by atomic mass is 10.0. The minimum absolute atomic E-state index is 0.0154. The van der Waals surface area contributed by atoms with Crippen LogP contribution >= 0.6 is 22.9 Å². The lowest BCUT2D eigenvalue weighted by Crippen LogP contribution is -2.48. The van der Waals surface area contributed by atoms with Crippen LogP contribution in [0.5, 0.6) is 5.75 Å². The van der Waals surface area contributed by atoms with Crippen LogP contribution in [0.3, 0.4) is 0 Å². The molecule has 192 valence electrons. The van der Waals surface area contributed by atoms with Gasteiger partial charge in [0.25, 0.3) is 0 Å². The number of nitrogens with zero attached hydrogens (tertiary/aromatic N) is 2. The van der Waals surface area contributed by atoms with Gasteiger partial charge in [-0.15, -0.1) is 11.3 Å². The second-order valence-electron chi connectivity index (χ2n) is 8.20.